The van der Waals surface area contributed by atoms with Gasteiger partial charge < -0.3 is 4.74 Å². The first-order valence-corrected chi connectivity index (χ1v) is 7.21. The van der Waals surface area contributed by atoms with Gasteiger partial charge in [-0.2, -0.15) is 11.8 Å². The maximum Gasteiger partial charge on any atom is 0.358 e. The summed E-state index contributed by atoms with van der Waals surface area (Å²) in [6.45, 7) is 1.45. The number of thiazole rings is 1. The third kappa shape index (κ3) is 2.52. The SMILES string of the molecule is COC(=O)c1nc(C2CCCS2)sc1C(C)=O. The molecular weight excluding hydrogens is 258 g/mol. The molecule has 1 aromatic heterocycles. The highest BCUT2D eigenvalue weighted by Gasteiger charge is 2.27. The van der Waals surface area contributed by atoms with Crippen LogP contribution in [0.5, 0.6) is 0 Å². The topological polar surface area (TPSA) is 56.3 Å². The van der Waals surface area contributed by atoms with Crippen molar-refractivity contribution in [2.75, 3.05) is 12.9 Å². The van der Waals surface area contributed by atoms with Crippen molar-refractivity contribution in [1.82, 2.24) is 4.98 Å². The number of rotatable bonds is 3. The number of Topliss-reactive ketones (excluding diaryl/α,β-unsaturated/α-hetero) is 1. The molecule has 1 saturated heterocycles. The van der Waals surface area contributed by atoms with Crippen molar-refractivity contribution in [3.8, 4) is 0 Å². The molecule has 0 radical (unpaired) electrons. The normalized spacial score (nSPS) is 19.3. The van der Waals surface area contributed by atoms with Crippen molar-refractivity contribution in [3.63, 3.8) is 0 Å². The van der Waals surface area contributed by atoms with Crippen LogP contribution < -0.4 is 0 Å². The number of carbonyl (C=O) groups is 2. The summed E-state index contributed by atoms with van der Waals surface area (Å²) in [4.78, 5) is 27.7. The van der Waals surface area contributed by atoms with Crippen LogP contribution in [0.1, 0.15) is 50.2 Å². The fraction of sp³-hybridized carbons (Fsp3) is 0.545. The predicted octanol–water partition coefficient (Wildman–Crippen LogP) is 2.70. The Balaban J connectivity index is 2.36. The number of methoxy groups -OCH3 is 1. The summed E-state index contributed by atoms with van der Waals surface area (Å²) in [5.74, 6) is 0.463. The molecule has 1 unspecified atom stereocenters. The summed E-state index contributed by atoms with van der Waals surface area (Å²) in [7, 11) is 1.30. The molecular formula is C11H13NO3S2. The summed E-state index contributed by atoms with van der Waals surface area (Å²) in [5.41, 5.74) is 0.174. The number of ether oxygens (including phenoxy) is 1. The van der Waals surface area contributed by atoms with Gasteiger partial charge >= 0.3 is 5.97 Å². The van der Waals surface area contributed by atoms with E-state index in [4.69, 9.17) is 0 Å². The monoisotopic (exact) mass is 271 g/mol. The highest BCUT2D eigenvalue weighted by molar-refractivity contribution is 7.99. The zero-order valence-corrected chi connectivity index (χ0v) is 11.3. The molecule has 0 saturated carbocycles. The summed E-state index contributed by atoms with van der Waals surface area (Å²) in [6.07, 6.45) is 2.23. The van der Waals surface area contributed by atoms with Gasteiger partial charge in [-0.05, 0) is 18.6 Å². The molecule has 0 aromatic carbocycles. The third-order valence-corrected chi connectivity index (χ3v) is 5.35. The lowest BCUT2D eigenvalue weighted by atomic mass is 10.2. The second-order valence-electron chi connectivity index (χ2n) is 3.78. The fourth-order valence-corrected chi connectivity index (χ4v) is 4.18. The molecule has 0 N–H and O–H groups in total. The molecule has 2 rings (SSSR count). The molecule has 1 fully saturated rings. The van der Waals surface area contributed by atoms with Crippen molar-refractivity contribution in [3.05, 3.63) is 15.6 Å². The highest BCUT2D eigenvalue weighted by Crippen LogP contribution is 2.42. The zero-order chi connectivity index (χ0) is 12.4. The quantitative estimate of drug-likeness (QED) is 0.625. The van der Waals surface area contributed by atoms with Gasteiger partial charge in [0.15, 0.2) is 11.5 Å². The lowest BCUT2D eigenvalue weighted by Crippen LogP contribution is -2.07. The number of esters is 1. The van der Waals surface area contributed by atoms with Crippen LogP contribution in [0, 0.1) is 0 Å². The number of nitrogens with zero attached hydrogens (tertiary/aromatic N) is 1. The first-order valence-electron chi connectivity index (χ1n) is 5.35. The first-order chi connectivity index (χ1) is 8.13. The molecule has 1 atom stereocenters. The molecule has 17 heavy (non-hydrogen) atoms. The second kappa shape index (κ2) is 5.18. The maximum atomic E-state index is 11.5. The fourth-order valence-electron chi connectivity index (χ4n) is 1.72. The number of aromatic nitrogens is 1. The number of ketones is 1. The Bertz CT molecular complexity index is 450. The maximum absolute atomic E-state index is 11.5. The van der Waals surface area contributed by atoms with E-state index in [0.717, 1.165) is 23.6 Å². The molecule has 4 nitrogen and oxygen atoms in total. The lowest BCUT2D eigenvalue weighted by Gasteiger charge is -2.01. The van der Waals surface area contributed by atoms with Gasteiger partial charge in [0.25, 0.3) is 0 Å². The smallest absolute Gasteiger partial charge is 0.358 e. The molecule has 92 valence electrons. The molecule has 0 amide bonds. The van der Waals surface area contributed by atoms with E-state index in [-0.39, 0.29) is 11.5 Å². The molecule has 0 spiro atoms. The van der Waals surface area contributed by atoms with Crippen molar-refractivity contribution in [2.45, 2.75) is 25.0 Å². The van der Waals surface area contributed by atoms with E-state index in [1.54, 1.807) is 0 Å². The van der Waals surface area contributed by atoms with E-state index in [1.807, 2.05) is 11.8 Å². The van der Waals surface area contributed by atoms with Crippen molar-refractivity contribution >= 4 is 34.9 Å². The largest absolute Gasteiger partial charge is 0.464 e. The van der Waals surface area contributed by atoms with Gasteiger partial charge in [0.1, 0.15) is 9.88 Å². The molecule has 1 aliphatic rings. The van der Waals surface area contributed by atoms with Gasteiger partial charge in [-0.15, -0.1) is 11.3 Å². The standard InChI is InChI=1S/C11H13NO3S2/c1-6(13)9-8(11(14)15-2)12-10(17-9)7-4-3-5-16-7/h7H,3-5H2,1-2H3. The Labute approximate surface area is 108 Å². The minimum absolute atomic E-state index is 0.128. The van der Waals surface area contributed by atoms with Crippen molar-refractivity contribution < 1.29 is 14.3 Å². The van der Waals surface area contributed by atoms with Crippen molar-refractivity contribution in [1.29, 1.82) is 0 Å². The minimum Gasteiger partial charge on any atom is -0.464 e. The molecule has 6 heteroatoms. The van der Waals surface area contributed by atoms with Gasteiger partial charge in [0, 0.05) is 6.92 Å². The van der Waals surface area contributed by atoms with Crippen LogP contribution >= 0.6 is 23.1 Å². The average Bonchev–Trinajstić information content (AvgIpc) is 2.95. The molecule has 0 aliphatic carbocycles. The van der Waals surface area contributed by atoms with Crippen LogP contribution in [0.2, 0.25) is 0 Å². The molecule has 2 heterocycles. The number of hydrogen-bond donors (Lipinski definition) is 0. The van der Waals surface area contributed by atoms with E-state index < -0.39 is 5.97 Å². The van der Waals surface area contributed by atoms with Gasteiger partial charge in [0.05, 0.1) is 12.4 Å². The lowest BCUT2D eigenvalue weighted by molar-refractivity contribution is 0.0591. The second-order valence-corrected chi connectivity index (χ2v) is 6.12. The Morgan fingerprint density at radius 1 is 1.47 bits per heavy atom. The van der Waals surface area contributed by atoms with Crippen LogP contribution in [-0.2, 0) is 4.74 Å². The van der Waals surface area contributed by atoms with E-state index >= 15 is 0 Å². The summed E-state index contributed by atoms with van der Waals surface area (Å²) < 4.78 is 4.65. The minimum atomic E-state index is -0.527. The Morgan fingerprint density at radius 2 is 2.24 bits per heavy atom. The average molecular weight is 271 g/mol. The summed E-state index contributed by atoms with van der Waals surface area (Å²) >= 11 is 3.16. The Morgan fingerprint density at radius 3 is 2.76 bits per heavy atom. The predicted molar refractivity (Wildman–Crippen MR) is 67.9 cm³/mol. The highest BCUT2D eigenvalue weighted by atomic mass is 32.2. The molecule has 1 aromatic rings. The first kappa shape index (κ1) is 12.6. The van der Waals surface area contributed by atoms with Gasteiger partial charge in [-0.3, -0.25) is 4.79 Å². The van der Waals surface area contributed by atoms with E-state index in [9.17, 15) is 9.59 Å². The van der Waals surface area contributed by atoms with Crippen LogP contribution in [0.3, 0.4) is 0 Å². The number of thioether (sulfide) groups is 1. The van der Waals surface area contributed by atoms with Crippen LogP contribution in [0.15, 0.2) is 0 Å². The van der Waals surface area contributed by atoms with Crippen molar-refractivity contribution in [2.24, 2.45) is 0 Å². The Hall–Kier alpha value is -0.880. The van der Waals surface area contributed by atoms with Crippen LogP contribution in [0.4, 0.5) is 0 Å². The number of carbonyl (C=O) groups excluding carboxylic acids is 2. The molecule has 0 bridgehead atoms. The van der Waals surface area contributed by atoms with E-state index in [2.05, 4.69) is 9.72 Å². The summed E-state index contributed by atoms with van der Waals surface area (Å²) in [6, 6.07) is 0. The van der Waals surface area contributed by atoms with Crippen LogP contribution in [0.25, 0.3) is 0 Å². The van der Waals surface area contributed by atoms with Gasteiger partial charge in [-0.25, -0.2) is 9.78 Å². The molecule has 1 aliphatic heterocycles. The van der Waals surface area contributed by atoms with E-state index in [0.29, 0.717) is 10.1 Å². The van der Waals surface area contributed by atoms with Crippen LogP contribution in [-0.4, -0.2) is 29.6 Å². The number of hydrogen-bond acceptors (Lipinski definition) is 6. The Kier molecular flexibility index (Phi) is 3.83. The third-order valence-electron chi connectivity index (χ3n) is 2.55. The zero-order valence-electron chi connectivity index (χ0n) is 9.69. The van der Waals surface area contributed by atoms with Gasteiger partial charge in [0.2, 0.25) is 0 Å². The van der Waals surface area contributed by atoms with E-state index in [1.165, 1.54) is 25.4 Å². The van der Waals surface area contributed by atoms with Gasteiger partial charge in [-0.1, -0.05) is 0 Å². The summed E-state index contributed by atoms with van der Waals surface area (Å²) in [5, 5.41) is 1.20.